The van der Waals surface area contributed by atoms with Crippen LogP contribution in [0.3, 0.4) is 0 Å². The lowest BCUT2D eigenvalue weighted by atomic mass is 10.1. The predicted molar refractivity (Wildman–Crippen MR) is 115 cm³/mol. The number of hydrogen-bond acceptors (Lipinski definition) is 4. The molecular formula is C23H25N5O2. The summed E-state index contributed by atoms with van der Waals surface area (Å²) in [6.45, 7) is 0.845. The first-order valence-corrected chi connectivity index (χ1v) is 10.3. The van der Waals surface area contributed by atoms with Crippen molar-refractivity contribution in [3.8, 4) is 11.4 Å². The summed E-state index contributed by atoms with van der Waals surface area (Å²) in [5.74, 6) is 1.40. The van der Waals surface area contributed by atoms with Crippen LogP contribution >= 0.6 is 0 Å². The van der Waals surface area contributed by atoms with E-state index in [0.29, 0.717) is 5.69 Å². The lowest BCUT2D eigenvalue weighted by Crippen LogP contribution is -2.33. The molecule has 1 aromatic heterocycles. The first-order valence-electron chi connectivity index (χ1n) is 10.3. The maximum absolute atomic E-state index is 12.3. The Morgan fingerprint density at radius 1 is 0.933 bits per heavy atom. The largest absolute Gasteiger partial charge is 0.347 e. The van der Waals surface area contributed by atoms with Gasteiger partial charge >= 0.3 is 0 Å². The Kier molecular flexibility index (Phi) is 6.17. The molecule has 3 aromatic rings. The van der Waals surface area contributed by atoms with Gasteiger partial charge in [0.15, 0.2) is 5.82 Å². The highest BCUT2D eigenvalue weighted by Gasteiger charge is 2.16. The molecule has 7 nitrogen and oxygen atoms in total. The number of anilines is 1. The lowest BCUT2D eigenvalue weighted by molar-refractivity contribution is -0.123. The van der Waals surface area contributed by atoms with E-state index >= 15 is 0 Å². The van der Waals surface area contributed by atoms with Crippen molar-refractivity contribution in [1.29, 1.82) is 0 Å². The van der Waals surface area contributed by atoms with E-state index in [2.05, 4.69) is 25.4 Å². The van der Waals surface area contributed by atoms with Crippen LogP contribution in [0.2, 0.25) is 0 Å². The number of aryl methyl sites for hydroxylation is 1. The van der Waals surface area contributed by atoms with Gasteiger partial charge in [0.2, 0.25) is 11.8 Å². The van der Waals surface area contributed by atoms with Gasteiger partial charge < -0.3 is 15.2 Å². The van der Waals surface area contributed by atoms with Gasteiger partial charge in [-0.25, -0.2) is 0 Å². The Morgan fingerprint density at radius 2 is 1.80 bits per heavy atom. The average molecular weight is 403 g/mol. The fraction of sp³-hybridized carbons (Fsp3) is 0.304. The van der Waals surface area contributed by atoms with Crippen molar-refractivity contribution >= 4 is 17.5 Å². The van der Waals surface area contributed by atoms with Crippen molar-refractivity contribution in [2.45, 2.75) is 38.6 Å². The van der Waals surface area contributed by atoms with Crippen LogP contribution in [-0.4, -0.2) is 33.1 Å². The van der Waals surface area contributed by atoms with Gasteiger partial charge in [-0.15, -0.1) is 10.2 Å². The van der Waals surface area contributed by atoms with Gasteiger partial charge in [0.25, 0.3) is 0 Å². The van der Waals surface area contributed by atoms with E-state index in [0.717, 1.165) is 48.6 Å². The maximum Gasteiger partial charge on any atom is 0.243 e. The van der Waals surface area contributed by atoms with E-state index in [-0.39, 0.29) is 24.8 Å². The summed E-state index contributed by atoms with van der Waals surface area (Å²) in [6.07, 6.45) is 4.67. The summed E-state index contributed by atoms with van der Waals surface area (Å²) in [5.41, 5.74) is 2.50. The second-order valence-corrected chi connectivity index (χ2v) is 7.47. The number of rotatable bonds is 6. The van der Waals surface area contributed by atoms with Gasteiger partial charge in [-0.1, -0.05) is 48.9 Å². The van der Waals surface area contributed by atoms with Gasteiger partial charge in [-0.05, 0) is 30.5 Å². The maximum atomic E-state index is 12.3. The highest BCUT2D eigenvalue weighted by Crippen LogP contribution is 2.24. The van der Waals surface area contributed by atoms with Crippen molar-refractivity contribution in [3.05, 3.63) is 66.0 Å². The van der Waals surface area contributed by atoms with Crippen LogP contribution in [0.15, 0.2) is 54.6 Å². The molecule has 0 saturated carbocycles. The molecule has 2 heterocycles. The summed E-state index contributed by atoms with van der Waals surface area (Å²) in [4.78, 5) is 24.3. The Labute approximate surface area is 175 Å². The minimum absolute atomic E-state index is 0.0732. The number of nitrogens with zero attached hydrogens (tertiary/aromatic N) is 3. The van der Waals surface area contributed by atoms with Crippen LogP contribution in [0.4, 0.5) is 5.69 Å². The highest BCUT2D eigenvalue weighted by molar-refractivity contribution is 5.95. The zero-order valence-electron chi connectivity index (χ0n) is 16.8. The van der Waals surface area contributed by atoms with Crippen molar-refractivity contribution in [1.82, 2.24) is 20.1 Å². The fourth-order valence-corrected chi connectivity index (χ4v) is 3.66. The zero-order chi connectivity index (χ0) is 20.8. The number of carbonyl (C=O) groups is 2. The third-order valence-electron chi connectivity index (χ3n) is 5.17. The molecule has 0 radical (unpaired) electrons. The molecule has 1 aliphatic rings. The van der Waals surface area contributed by atoms with E-state index < -0.39 is 0 Å². The number of aromatic nitrogens is 3. The molecule has 2 N–H and O–H groups in total. The van der Waals surface area contributed by atoms with Crippen LogP contribution < -0.4 is 10.6 Å². The SMILES string of the molecule is O=C(Cc1ccccc1)NCC(=O)Nc1cccc(-c2nnc3n2CCCCC3)c1. The third-order valence-corrected chi connectivity index (χ3v) is 5.17. The highest BCUT2D eigenvalue weighted by atomic mass is 16.2. The molecule has 2 aromatic carbocycles. The fourth-order valence-electron chi connectivity index (χ4n) is 3.66. The van der Waals surface area contributed by atoms with Crippen LogP contribution in [0.1, 0.15) is 30.7 Å². The van der Waals surface area contributed by atoms with Gasteiger partial charge in [0.05, 0.1) is 13.0 Å². The molecule has 0 aliphatic carbocycles. The van der Waals surface area contributed by atoms with E-state index in [1.165, 1.54) is 6.42 Å². The van der Waals surface area contributed by atoms with Crippen molar-refractivity contribution < 1.29 is 9.59 Å². The van der Waals surface area contributed by atoms with E-state index in [1.54, 1.807) is 0 Å². The number of nitrogens with one attached hydrogen (secondary N) is 2. The summed E-state index contributed by atoms with van der Waals surface area (Å²) in [7, 11) is 0. The Bertz CT molecular complexity index is 1030. The number of benzene rings is 2. The van der Waals surface area contributed by atoms with E-state index in [9.17, 15) is 9.59 Å². The third kappa shape index (κ3) is 4.92. The summed E-state index contributed by atoms with van der Waals surface area (Å²) >= 11 is 0. The van der Waals surface area contributed by atoms with Gasteiger partial charge in [0, 0.05) is 24.2 Å². The monoisotopic (exact) mass is 403 g/mol. The predicted octanol–water partition coefficient (Wildman–Crippen LogP) is 2.97. The minimum Gasteiger partial charge on any atom is -0.347 e. The summed E-state index contributed by atoms with van der Waals surface area (Å²) in [5, 5.41) is 14.2. The summed E-state index contributed by atoms with van der Waals surface area (Å²) in [6, 6.07) is 17.0. The molecule has 0 atom stereocenters. The Balaban J connectivity index is 1.36. The van der Waals surface area contributed by atoms with Crippen LogP contribution in [0.25, 0.3) is 11.4 Å². The molecule has 0 saturated heterocycles. The Morgan fingerprint density at radius 3 is 2.67 bits per heavy atom. The van der Waals surface area contributed by atoms with E-state index in [4.69, 9.17) is 0 Å². The number of fused-ring (bicyclic) bond motifs is 1. The molecule has 154 valence electrons. The average Bonchev–Trinajstić information content (AvgIpc) is 3.01. The topological polar surface area (TPSA) is 88.9 Å². The normalized spacial score (nSPS) is 13.2. The van der Waals surface area contributed by atoms with Crippen molar-refractivity contribution in [2.75, 3.05) is 11.9 Å². The molecule has 2 amide bonds. The van der Waals surface area contributed by atoms with Gasteiger partial charge in [0.1, 0.15) is 5.82 Å². The van der Waals surface area contributed by atoms with Gasteiger partial charge in [-0.3, -0.25) is 9.59 Å². The van der Waals surface area contributed by atoms with E-state index in [1.807, 2.05) is 54.6 Å². The molecule has 1 aliphatic heterocycles. The molecule has 7 heteroatoms. The molecule has 0 fully saturated rings. The molecule has 30 heavy (non-hydrogen) atoms. The second kappa shape index (κ2) is 9.35. The molecular weight excluding hydrogens is 378 g/mol. The lowest BCUT2D eigenvalue weighted by Gasteiger charge is -2.10. The molecule has 0 spiro atoms. The zero-order valence-corrected chi connectivity index (χ0v) is 16.8. The second-order valence-electron chi connectivity index (χ2n) is 7.47. The van der Waals surface area contributed by atoms with Gasteiger partial charge in [-0.2, -0.15) is 0 Å². The standard InChI is InChI=1S/C23H25N5O2/c29-21(14-17-8-3-1-4-9-17)24-16-22(30)25-19-11-7-10-18(15-19)23-27-26-20-12-5-2-6-13-28(20)23/h1,3-4,7-11,15H,2,5-6,12-14,16H2,(H,24,29)(H,25,30). The number of carbonyl (C=O) groups excluding carboxylic acids is 2. The summed E-state index contributed by atoms with van der Waals surface area (Å²) < 4.78 is 2.18. The van der Waals surface area contributed by atoms with Crippen LogP contribution in [0, 0.1) is 0 Å². The number of hydrogen-bond donors (Lipinski definition) is 2. The first-order chi connectivity index (χ1) is 14.7. The van der Waals surface area contributed by atoms with Crippen molar-refractivity contribution in [3.63, 3.8) is 0 Å². The number of amides is 2. The first kappa shape index (κ1) is 19.8. The smallest absolute Gasteiger partial charge is 0.243 e. The van der Waals surface area contributed by atoms with Crippen molar-refractivity contribution in [2.24, 2.45) is 0 Å². The Hall–Kier alpha value is -3.48. The van der Waals surface area contributed by atoms with Crippen LogP contribution in [0.5, 0.6) is 0 Å². The molecule has 4 rings (SSSR count). The minimum atomic E-state index is -0.270. The quantitative estimate of drug-likeness (QED) is 0.662. The van der Waals surface area contributed by atoms with Crippen LogP contribution in [-0.2, 0) is 29.0 Å². The molecule has 0 bridgehead atoms. The molecule has 0 unspecified atom stereocenters.